The highest BCUT2D eigenvalue weighted by Gasteiger charge is 2.40. The Hall–Kier alpha value is -2.50. The van der Waals surface area contributed by atoms with Gasteiger partial charge in [-0.3, -0.25) is 4.90 Å². The molecule has 2 saturated carbocycles. The van der Waals surface area contributed by atoms with E-state index in [2.05, 4.69) is 0 Å². The molecule has 4 nitrogen and oxygen atoms in total. The van der Waals surface area contributed by atoms with Crippen molar-refractivity contribution in [3.05, 3.63) is 59.8 Å². The lowest BCUT2D eigenvalue weighted by molar-refractivity contribution is -0.0570. The summed E-state index contributed by atoms with van der Waals surface area (Å²) in [6.45, 7) is 0.301. The van der Waals surface area contributed by atoms with Gasteiger partial charge in [0.15, 0.2) is 0 Å². The van der Waals surface area contributed by atoms with Gasteiger partial charge in [-0.25, -0.2) is 18.6 Å². The summed E-state index contributed by atoms with van der Waals surface area (Å²) in [6, 6.07) is 15.5. The second-order valence-corrected chi connectivity index (χ2v) is 10.3. The number of alkyl halides is 2. The van der Waals surface area contributed by atoms with Crippen molar-refractivity contribution in [2.75, 3.05) is 11.5 Å². The second-order valence-electron chi connectivity index (χ2n) is 10.3. The summed E-state index contributed by atoms with van der Waals surface area (Å²) in [6.07, 6.45) is 7.73. The number of benzene rings is 1. The molecule has 34 heavy (non-hydrogen) atoms. The van der Waals surface area contributed by atoms with Crippen LogP contribution >= 0.6 is 0 Å². The Morgan fingerprint density at radius 3 is 2.38 bits per heavy atom. The van der Waals surface area contributed by atoms with Crippen LogP contribution in [0, 0.1) is 17.8 Å². The molecule has 2 aromatic rings. The van der Waals surface area contributed by atoms with Gasteiger partial charge in [-0.15, -0.1) is 0 Å². The van der Waals surface area contributed by atoms with Crippen molar-refractivity contribution in [2.45, 2.75) is 76.2 Å². The number of anilines is 1. The summed E-state index contributed by atoms with van der Waals surface area (Å²) in [5, 5.41) is 0. The third kappa shape index (κ3) is 5.11. The zero-order valence-electron chi connectivity index (χ0n) is 19.7. The Morgan fingerprint density at radius 1 is 0.941 bits per heavy atom. The lowest BCUT2D eigenvalue weighted by atomic mass is 9.67. The van der Waals surface area contributed by atoms with E-state index in [0.29, 0.717) is 43.0 Å². The second kappa shape index (κ2) is 10.0. The number of rotatable bonds is 6. The van der Waals surface area contributed by atoms with Crippen molar-refractivity contribution in [2.24, 2.45) is 17.8 Å². The molecule has 6 heteroatoms. The topological polar surface area (TPSA) is 42.4 Å². The quantitative estimate of drug-likeness (QED) is 0.445. The van der Waals surface area contributed by atoms with Crippen LogP contribution in [-0.4, -0.2) is 23.6 Å². The summed E-state index contributed by atoms with van der Waals surface area (Å²) in [5.41, 5.74) is 1.96. The number of amides is 1. The molecule has 3 aliphatic rings. The van der Waals surface area contributed by atoms with Crippen molar-refractivity contribution in [1.82, 2.24) is 4.98 Å². The van der Waals surface area contributed by atoms with Crippen LogP contribution in [0.5, 0.6) is 0 Å². The maximum absolute atomic E-state index is 13.9. The maximum atomic E-state index is 13.9. The first-order valence-electron chi connectivity index (χ1n) is 12.8. The van der Waals surface area contributed by atoms with Crippen LogP contribution in [0.2, 0.25) is 0 Å². The van der Waals surface area contributed by atoms with Crippen LogP contribution < -0.4 is 4.90 Å². The lowest BCUT2D eigenvalue weighted by Crippen LogP contribution is -2.34. The predicted octanol–water partition coefficient (Wildman–Crippen LogP) is 7.34. The van der Waals surface area contributed by atoms with Crippen LogP contribution in [0.25, 0.3) is 0 Å². The lowest BCUT2D eigenvalue weighted by Gasteiger charge is -2.39. The summed E-state index contributed by atoms with van der Waals surface area (Å²) in [7, 11) is 0. The van der Waals surface area contributed by atoms with Crippen molar-refractivity contribution in [1.29, 1.82) is 0 Å². The molecular weight excluding hydrogens is 434 g/mol. The Labute approximate surface area is 200 Å². The van der Waals surface area contributed by atoms with Gasteiger partial charge < -0.3 is 4.74 Å². The van der Waals surface area contributed by atoms with E-state index in [-0.39, 0.29) is 25.0 Å². The number of ether oxygens (including phenoxy) is 1. The molecule has 2 atom stereocenters. The molecule has 1 saturated heterocycles. The van der Waals surface area contributed by atoms with Crippen LogP contribution in [0.1, 0.15) is 75.1 Å². The molecule has 0 bridgehead atoms. The minimum absolute atomic E-state index is 0.00668. The number of aromatic nitrogens is 1. The number of nitrogens with zero attached hydrogens (tertiary/aromatic N) is 2. The summed E-state index contributed by atoms with van der Waals surface area (Å²) < 4.78 is 33.2. The van der Waals surface area contributed by atoms with Gasteiger partial charge >= 0.3 is 6.09 Å². The molecule has 0 radical (unpaired) electrons. The summed E-state index contributed by atoms with van der Waals surface area (Å²) in [4.78, 5) is 19.2. The number of pyridine rings is 1. The van der Waals surface area contributed by atoms with Crippen molar-refractivity contribution < 1.29 is 18.3 Å². The largest absolute Gasteiger partial charge is 0.447 e. The number of carbonyl (C=O) groups is 1. The molecular formula is C28H34F2N2O2. The average molecular weight is 469 g/mol. The molecule has 2 heterocycles. The van der Waals surface area contributed by atoms with Gasteiger partial charge in [-0.1, -0.05) is 68.5 Å². The van der Waals surface area contributed by atoms with Crippen molar-refractivity contribution in [3.63, 3.8) is 0 Å². The molecule has 1 amide bonds. The SMILES string of the molecule is O=C1OC[C@H](c2ccccc2)N1c1cccc(CC(C2CCCCC2)C2CCC(F)(F)CC2)n1. The highest BCUT2D eigenvalue weighted by molar-refractivity contribution is 5.89. The number of halogens is 2. The van der Waals surface area contributed by atoms with Crippen LogP contribution in [0.4, 0.5) is 19.4 Å². The van der Waals surface area contributed by atoms with Gasteiger partial charge in [0.1, 0.15) is 18.5 Å². The highest BCUT2D eigenvalue weighted by Crippen LogP contribution is 2.45. The third-order valence-electron chi connectivity index (χ3n) is 8.16. The zero-order chi connectivity index (χ0) is 23.5. The fraction of sp³-hybridized carbons (Fsp3) is 0.571. The molecule has 1 aliphatic heterocycles. The zero-order valence-corrected chi connectivity index (χ0v) is 19.7. The highest BCUT2D eigenvalue weighted by atomic mass is 19.3. The molecule has 1 aromatic carbocycles. The monoisotopic (exact) mass is 468 g/mol. The van der Waals surface area contributed by atoms with E-state index in [0.717, 1.165) is 17.7 Å². The number of hydrogen-bond donors (Lipinski definition) is 0. The smallest absolute Gasteiger partial charge is 0.416 e. The van der Waals surface area contributed by atoms with Gasteiger partial charge in [-0.2, -0.15) is 0 Å². The first kappa shape index (κ1) is 23.3. The number of cyclic esters (lactones) is 1. The molecule has 1 unspecified atom stereocenters. The molecule has 2 aliphatic carbocycles. The van der Waals surface area contributed by atoms with Gasteiger partial charge in [0, 0.05) is 18.5 Å². The van der Waals surface area contributed by atoms with E-state index in [1.165, 1.54) is 32.1 Å². The van der Waals surface area contributed by atoms with E-state index >= 15 is 0 Å². The van der Waals surface area contributed by atoms with E-state index < -0.39 is 5.92 Å². The summed E-state index contributed by atoms with van der Waals surface area (Å²) in [5.74, 6) is -0.637. The average Bonchev–Trinajstić information content (AvgIpc) is 3.25. The third-order valence-corrected chi connectivity index (χ3v) is 8.16. The van der Waals surface area contributed by atoms with E-state index in [1.54, 1.807) is 4.90 Å². The van der Waals surface area contributed by atoms with Gasteiger partial charge in [0.2, 0.25) is 5.92 Å². The molecule has 1 aromatic heterocycles. The first-order chi connectivity index (χ1) is 16.5. The molecule has 5 rings (SSSR count). The standard InChI is InChI=1S/C28H34F2N2O2/c29-28(30)16-14-21(15-17-28)24(20-8-3-1-4-9-20)18-23-12-7-13-26(31-23)32-25(19-34-27(32)33)22-10-5-2-6-11-22/h2,5-7,10-13,20-21,24-25H,1,3-4,8-9,14-19H2/t24?,25-/m1/s1. The number of carbonyl (C=O) groups excluding carboxylic acids is 1. The van der Waals surface area contributed by atoms with Crippen LogP contribution in [0.15, 0.2) is 48.5 Å². The van der Waals surface area contributed by atoms with Crippen molar-refractivity contribution >= 4 is 11.9 Å². The fourth-order valence-corrected chi connectivity index (χ4v) is 6.32. The Balaban J connectivity index is 1.38. The summed E-state index contributed by atoms with van der Waals surface area (Å²) >= 11 is 0. The minimum atomic E-state index is -2.51. The Bertz CT molecular complexity index is 967. The van der Waals surface area contributed by atoms with Gasteiger partial charge in [0.25, 0.3) is 0 Å². The molecule has 0 N–H and O–H groups in total. The minimum Gasteiger partial charge on any atom is -0.447 e. The Kier molecular flexibility index (Phi) is 6.84. The molecule has 0 spiro atoms. The molecule has 182 valence electrons. The van der Waals surface area contributed by atoms with Gasteiger partial charge in [0.05, 0.1) is 0 Å². The van der Waals surface area contributed by atoms with Gasteiger partial charge in [-0.05, 0) is 54.7 Å². The Morgan fingerprint density at radius 2 is 1.65 bits per heavy atom. The normalized spacial score (nSPS) is 24.7. The van der Waals surface area contributed by atoms with Crippen molar-refractivity contribution in [3.8, 4) is 0 Å². The maximum Gasteiger partial charge on any atom is 0.416 e. The van der Waals surface area contributed by atoms with E-state index in [4.69, 9.17) is 9.72 Å². The molecule has 3 fully saturated rings. The number of hydrogen-bond acceptors (Lipinski definition) is 3. The van der Waals surface area contributed by atoms with E-state index in [1.807, 2.05) is 48.5 Å². The van der Waals surface area contributed by atoms with Crippen LogP contribution in [-0.2, 0) is 11.2 Å². The predicted molar refractivity (Wildman–Crippen MR) is 128 cm³/mol. The van der Waals surface area contributed by atoms with E-state index in [9.17, 15) is 13.6 Å². The van der Waals surface area contributed by atoms with Crippen LogP contribution in [0.3, 0.4) is 0 Å². The first-order valence-corrected chi connectivity index (χ1v) is 12.8. The fourth-order valence-electron chi connectivity index (χ4n) is 6.32.